The van der Waals surface area contributed by atoms with Crippen LogP contribution in [0.5, 0.6) is 0 Å². The normalized spacial score (nSPS) is 16.1. The molecule has 0 spiro atoms. The van der Waals surface area contributed by atoms with Crippen LogP contribution in [0.3, 0.4) is 0 Å². The highest BCUT2D eigenvalue weighted by Crippen LogP contribution is 2.23. The first-order chi connectivity index (χ1) is 9.60. The standard InChI is InChI=1S/C14H18BrFN2O2/c1-2-20-14(19)18-7-5-11(6-8-18)17-13-9-10(15)3-4-12(13)16/h3-4,9,11,17H,2,5-8H2,1H3. The van der Waals surface area contributed by atoms with Crippen molar-refractivity contribution in [2.45, 2.75) is 25.8 Å². The number of carbonyl (C=O) groups excluding carboxylic acids is 1. The second-order valence-electron chi connectivity index (χ2n) is 4.73. The molecule has 1 aliphatic heterocycles. The summed E-state index contributed by atoms with van der Waals surface area (Å²) in [6.07, 6.45) is 1.30. The van der Waals surface area contributed by atoms with Gasteiger partial charge in [0.05, 0.1) is 12.3 Å². The summed E-state index contributed by atoms with van der Waals surface area (Å²) >= 11 is 3.33. The summed E-state index contributed by atoms with van der Waals surface area (Å²) < 4.78 is 19.5. The molecule has 1 saturated heterocycles. The number of nitrogens with zero attached hydrogens (tertiary/aromatic N) is 1. The number of hydrogen-bond donors (Lipinski definition) is 1. The SMILES string of the molecule is CCOC(=O)N1CCC(Nc2cc(Br)ccc2F)CC1. The van der Waals surface area contributed by atoms with Crippen LogP contribution >= 0.6 is 15.9 Å². The van der Waals surface area contributed by atoms with Crippen molar-refractivity contribution in [3.05, 3.63) is 28.5 Å². The predicted octanol–water partition coefficient (Wildman–Crippen LogP) is 3.62. The lowest BCUT2D eigenvalue weighted by molar-refractivity contribution is 0.0983. The topological polar surface area (TPSA) is 41.6 Å². The molecular formula is C14H18BrFN2O2. The molecule has 0 atom stereocenters. The van der Waals surface area contributed by atoms with Gasteiger partial charge in [0.25, 0.3) is 0 Å². The van der Waals surface area contributed by atoms with E-state index in [1.54, 1.807) is 24.0 Å². The van der Waals surface area contributed by atoms with Gasteiger partial charge in [-0.2, -0.15) is 0 Å². The molecule has 2 rings (SSSR count). The van der Waals surface area contributed by atoms with Crippen molar-refractivity contribution in [3.8, 4) is 0 Å². The highest BCUT2D eigenvalue weighted by atomic mass is 79.9. The maximum absolute atomic E-state index is 13.7. The average molecular weight is 345 g/mol. The first-order valence-electron chi connectivity index (χ1n) is 6.73. The fourth-order valence-corrected chi connectivity index (χ4v) is 2.61. The Kier molecular flexibility index (Phi) is 5.23. The summed E-state index contributed by atoms with van der Waals surface area (Å²) in [7, 11) is 0. The molecule has 1 amide bonds. The number of nitrogens with one attached hydrogen (secondary N) is 1. The van der Waals surface area contributed by atoms with Crippen molar-refractivity contribution in [2.24, 2.45) is 0 Å². The van der Waals surface area contributed by atoms with Gasteiger partial charge < -0.3 is 15.0 Å². The molecule has 0 aliphatic carbocycles. The van der Waals surface area contributed by atoms with Crippen molar-refractivity contribution in [1.82, 2.24) is 4.90 Å². The third kappa shape index (κ3) is 3.85. The van der Waals surface area contributed by atoms with E-state index in [4.69, 9.17) is 4.74 Å². The summed E-state index contributed by atoms with van der Waals surface area (Å²) in [6.45, 7) is 3.45. The van der Waals surface area contributed by atoms with Crippen LogP contribution in [0.2, 0.25) is 0 Å². The summed E-state index contributed by atoms with van der Waals surface area (Å²) in [5.74, 6) is -0.263. The van der Waals surface area contributed by atoms with Gasteiger partial charge >= 0.3 is 6.09 Å². The van der Waals surface area contributed by atoms with Crippen molar-refractivity contribution in [2.75, 3.05) is 25.0 Å². The van der Waals surface area contributed by atoms with Crippen LogP contribution in [0.1, 0.15) is 19.8 Å². The summed E-state index contributed by atoms with van der Waals surface area (Å²) in [4.78, 5) is 13.3. The van der Waals surface area contributed by atoms with Gasteiger partial charge in [-0.1, -0.05) is 15.9 Å². The first kappa shape index (κ1) is 15.1. The van der Waals surface area contributed by atoms with Gasteiger partial charge in [-0.15, -0.1) is 0 Å². The number of carbonyl (C=O) groups is 1. The number of ether oxygens (including phenoxy) is 1. The zero-order valence-electron chi connectivity index (χ0n) is 11.4. The second-order valence-corrected chi connectivity index (χ2v) is 5.64. The minimum absolute atomic E-state index is 0.171. The number of amides is 1. The lowest BCUT2D eigenvalue weighted by Gasteiger charge is -2.32. The van der Waals surface area contributed by atoms with Gasteiger partial charge in [0.2, 0.25) is 0 Å². The largest absolute Gasteiger partial charge is 0.450 e. The zero-order chi connectivity index (χ0) is 14.5. The first-order valence-corrected chi connectivity index (χ1v) is 7.52. The fourth-order valence-electron chi connectivity index (χ4n) is 2.25. The van der Waals surface area contributed by atoms with E-state index in [0.29, 0.717) is 25.4 Å². The van der Waals surface area contributed by atoms with Crippen LogP contribution in [0.25, 0.3) is 0 Å². The fraction of sp³-hybridized carbons (Fsp3) is 0.500. The zero-order valence-corrected chi connectivity index (χ0v) is 13.0. The molecule has 4 nitrogen and oxygen atoms in total. The molecular weight excluding hydrogens is 327 g/mol. The average Bonchev–Trinajstić information content (AvgIpc) is 2.44. The van der Waals surface area contributed by atoms with E-state index in [2.05, 4.69) is 21.2 Å². The number of benzene rings is 1. The number of hydrogen-bond acceptors (Lipinski definition) is 3. The molecule has 1 fully saturated rings. The van der Waals surface area contributed by atoms with E-state index in [1.807, 2.05) is 0 Å². The third-order valence-electron chi connectivity index (χ3n) is 3.31. The molecule has 20 heavy (non-hydrogen) atoms. The van der Waals surface area contributed by atoms with E-state index in [1.165, 1.54) is 6.07 Å². The van der Waals surface area contributed by atoms with Crippen molar-refractivity contribution in [3.63, 3.8) is 0 Å². The van der Waals surface area contributed by atoms with Crippen molar-refractivity contribution < 1.29 is 13.9 Å². The Balaban J connectivity index is 1.88. The maximum Gasteiger partial charge on any atom is 0.409 e. The highest BCUT2D eigenvalue weighted by molar-refractivity contribution is 9.10. The van der Waals surface area contributed by atoms with Crippen LogP contribution in [-0.2, 0) is 4.74 Å². The molecule has 1 aliphatic rings. The number of likely N-dealkylation sites (tertiary alicyclic amines) is 1. The maximum atomic E-state index is 13.7. The molecule has 0 radical (unpaired) electrons. The Morgan fingerprint density at radius 3 is 2.85 bits per heavy atom. The number of piperidine rings is 1. The summed E-state index contributed by atoms with van der Waals surface area (Å²) in [5.41, 5.74) is 0.494. The number of rotatable bonds is 3. The Labute approximate surface area is 126 Å². The van der Waals surface area contributed by atoms with E-state index in [-0.39, 0.29) is 18.0 Å². The van der Waals surface area contributed by atoms with Gasteiger partial charge in [0.1, 0.15) is 5.82 Å². The molecule has 0 aromatic heterocycles. The number of halogens is 2. The molecule has 0 bridgehead atoms. The quantitative estimate of drug-likeness (QED) is 0.910. The third-order valence-corrected chi connectivity index (χ3v) is 3.80. The number of anilines is 1. The van der Waals surface area contributed by atoms with Crippen molar-refractivity contribution in [1.29, 1.82) is 0 Å². The van der Waals surface area contributed by atoms with Gasteiger partial charge in [0, 0.05) is 23.6 Å². The highest BCUT2D eigenvalue weighted by Gasteiger charge is 2.23. The Morgan fingerprint density at radius 2 is 2.20 bits per heavy atom. The van der Waals surface area contributed by atoms with Gasteiger partial charge in [0.15, 0.2) is 0 Å². The van der Waals surface area contributed by atoms with Gasteiger partial charge in [-0.25, -0.2) is 9.18 Å². The second kappa shape index (κ2) is 6.92. The van der Waals surface area contributed by atoms with E-state index in [0.717, 1.165) is 17.3 Å². The minimum atomic E-state index is -0.264. The smallest absolute Gasteiger partial charge is 0.409 e. The van der Waals surface area contributed by atoms with E-state index < -0.39 is 0 Å². The van der Waals surface area contributed by atoms with Gasteiger partial charge in [-0.05, 0) is 38.0 Å². The summed E-state index contributed by atoms with van der Waals surface area (Å²) in [5, 5.41) is 3.20. The molecule has 1 N–H and O–H groups in total. The molecule has 1 aromatic carbocycles. The molecule has 110 valence electrons. The molecule has 6 heteroatoms. The van der Waals surface area contributed by atoms with E-state index in [9.17, 15) is 9.18 Å². The minimum Gasteiger partial charge on any atom is -0.450 e. The summed E-state index contributed by atoms with van der Waals surface area (Å²) in [6, 6.07) is 5.00. The molecule has 0 saturated carbocycles. The Morgan fingerprint density at radius 1 is 1.50 bits per heavy atom. The molecule has 0 unspecified atom stereocenters. The molecule has 1 aromatic rings. The van der Waals surface area contributed by atoms with Gasteiger partial charge in [-0.3, -0.25) is 0 Å². The lowest BCUT2D eigenvalue weighted by Crippen LogP contribution is -2.42. The Bertz CT molecular complexity index is 476. The lowest BCUT2D eigenvalue weighted by atomic mass is 10.0. The van der Waals surface area contributed by atoms with Crippen LogP contribution in [0.15, 0.2) is 22.7 Å². The van der Waals surface area contributed by atoms with Crippen LogP contribution in [-0.4, -0.2) is 36.7 Å². The predicted molar refractivity (Wildman–Crippen MR) is 79.3 cm³/mol. The van der Waals surface area contributed by atoms with Crippen molar-refractivity contribution >= 4 is 27.7 Å². The monoisotopic (exact) mass is 344 g/mol. The Hall–Kier alpha value is -1.30. The van der Waals surface area contributed by atoms with E-state index >= 15 is 0 Å². The van der Waals surface area contributed by atoms with Crippen LogP contribution in [0.4, 0.5) is 14.9 Å². The van der Waals surface area contributed by atoms with Crippen LogP contribution in [0, 0.1) is 5.82 Å². The van der Waals surface area contributed by atoms with Crippen LogP contribution < -0.4 is 5.32 Å². The molecule has 1 heterocycles.